The summed E-state index contributed by atoms with van der Waals surface area (Å²) in [5.41, 5.74) is 0. The Morgan fingerprint density at radius 3 is 0.782 bits per heavy atom. The molecule has 0 N–H and O–H groups in total. The van der Waals surface area contributed by atoms with Gasteiger partial charge < -0.3 is 14.2 Å². The lowest BCUT2D eigenvalue weighted by Crippen LogP contribution is -2.30. The van der Waals surface area contributed by atoms with Crippen LogP contribution in [0.4, 0.5) is 0 Å². The zero-order valence-corrected chi connectivity index (χ0v) is 51.7. The fourth-order valence-electron chi connectivity index (χ4n) is 9.62. The highest BCUT2D eigenvalue weighted by Gasteiger charge is 2.19. The fraction of sp³-hybridized carbons (Fsp3) is 0.764. The summed E-state index contributed by atoms with van der Waals surface area (Å²) in [7, 11) is 0. The van der Waals surface area contributed by atoms with Gasteiger partial charge in [-0.1, -0.05) is 305 Å². The molecule has 0 aromatic carbocycles. The first-order chi connectivity index (χ1) is 38.5. The van der Waals surface area contributed by atoms with Crippen LogP contribution in [-0.2, 0) is 28.6 Å². The van der Waals surface area contributed by atoms with Crippen LogP contribution < -0.4 is 0 Å². The Hall–Kier alpha value is -3.41. The molecule has 450 valence electrons. The number of carbonyl (C=O) groups excluding carboxylic acids is 3. The first-order valence-corrected chi connectivity index (χ1v) is 33.6. The second-order valence-corrected chi connectivity index (χ2v) is 22.4. The van der Waals surface area contributed by atoms with Crippen LogP contribution in [0, 0.1) is 0 Å². The number of allylic oxidation sites excluding steroid dienone is 14. The van der Waals surface area contributed by atoms with Crippen molar-refractivity contribution in [1.29, 1.82) is 0 Å². The molecule has 0 aliphatic carbocycles. The minimum atomic E-state index is -0.783. The second-order valence-electron chi connectivity index (χ2n) is 22.4. The van der Waals surface area contributed by atoms with Crippen LogP contribution >= 0.6 is 0 Å². The van der Waals surface area contributed by atoms with Gasteiger partial charge >= 0.3 is 17.9 Å². The van der Waals surface area contributed by atoms with Crippen molar-refractivity contribution < 1.29 is 28.6 Å². The van der Waals surface area contributed by atoms with Gasteiger partial charge in [-0.25, -0.2) is 0 Å². The van der Waals surface area contributed by atoms with E-state index in [0.29, 0.717) is 19.3 Å². The Balaban J connectivity index is 4.01. The SMILES string of the molecule is CC/C=C\C/C=C\C/C=C\C/C=C\C/C=C\CCCCCCCC(=O)OC(COC(=O)CCCCCCCC)COC(=O)CCCCCCCCCCCCCCCCCCCCCCC/C=C\C/C=C\CCCCCCC. The summed E-state index contributed by atoms with van der Waals surface area (Å²) in [6, 6.07) is 0. The molecular weight excluding hydrogens is 961 g/mol. The Morgan fingerprint density at radius 2 is 0.500 bits per heavy atom. The van der Waals surface area contributed by atoms with Gasteiger partial charge in [0.1, 0.15) is 13.2 Å². The van der Waals surface area contributed by atoms with Crippen LogP contribution in [-0.4, -0.2) is 37.2 Å². The van der Waals surface area contributed by atoms with E-state index < -0.39 is 6.10 Å². The number of carbonyl (C=O) groups is 3. The van der Waals surface area contributed by atoms with Gasteiger partial charge in [-0.2, -0.15) is 0 Å². The van der Waals surface area contributed by atoms with Crippen molar-refractivity contribution >= 4 is 17.9 Å². The van der Waals surface area contributed by atoms with Gasteiger partial charge in [0.2, 0.25) is 0 Å². The molecule has 0 spiro atoms. The Bertz CT molecular complexity index is 1480. The summed E-state index contributed by atoms with van der Waals surface area (Å²) >= 11 is 0. The summed E-state index contributed by atoms with van der Waals surface area (Å²) in [4.78, 5) is 38.0. The molecule has 0 heterocycles. The highest BCUT2D eigenvalue weighted by molar-refractivity contribution is 5.71. The number of hydrogen-bond donors (Lipinski definition) is 0. The van der Waals surface area contributed by atoms with Crippen LogP contribution in [0.5, 0.6) is 0 Å². The summed E-state index contributed by atoms with van der Waals surface area (Å²) in [6.07, 6.45) is 87.9. The summed E-state index contributed by atoms with van der Waals surface area (Å²) in [6.45, 7) is 6.47. The highest BCUT2D eigenvalue weighted by atomic mass is 16.6. The number of unbranched alkanes of at least 4 members (excludes halogenated alkanes) is 36. The second kappa shape index (κ2) is 66.1. The lowest BCUT2D eigenvalue weighted by Gasteiger charge is -2.18. The number of esters is 3. The molecule has 0 amide bonds. The van der Waals surface area contributed by atoms with E-state index in [9.17, 15) is 14.4 Å². The zero-order valence-electron chi connectivity index (χ0n) is 51.7. The number of hydrogen-bond acceptors (Lipinski definition) is 6. The molecule has 0 aliphatic rings. The maximum Gasteiger partial charge on any atom is 0.306 e. The summed E-state index contributed by atoms with van der Waals surface area (Å²) in [5, 5.41) is 0. The average molecular weight is 1090 g/mol. The molecule has 0 aromatic heterocycles. The molecule has 78 heavy (non-hydrogen) atoms. The van der Waals surface area contributed by atoms with Crippen molar-refractivity contribution in [3.63, 3.8) is 0 Å². The molecule has 0 bridgehead atoms. The third kappa shape index (κ3) is 63.4. The van der Waals surface area contributed by atoms with Crippen molar-refractivity contribution in [2.24, 2.45) is 0 Å². The van der Waals surface area contributed by atoms with Gasteiger partial charge in [-0.3, -0.25) is 14.4 Å². The van der Waals surface area contributed by atoms with E-state index in [1.165, 1.54) is 180 Å². The van der Waals surface area contributed by atoms with Crippen LogP contribution in [0.3, 0.4) is 0 Å². The Morgan fingerprint density at radius 1 is 0.269 bits per heavy atom. The fourth-order valence-corrected chi connectivity index (χ4v) is 9.62. The maximum absolute atomic E-state index is 12.8. The smallest absolute Gasteiger partial charge is 0.306 e. The standard InChI is InChI=1S/C72H126O6/c1-4-7-10-13-16-18-20-22-24-26-28-30-31-32-33-34-35-36-37-38-39-40-41-43-44-46-48-50-52-54-56-59-62-65-71(74)77-68-69(67-76-70(73)64-61-58-15-12-9-6-3)78-72(75)66-63-60-57-55-53-51-49-47-45-42-29-27-25-23-21-19-17-14-11-8-5-2/h8,11,17,19-20,22-23,25-26,28-29,42,47,49,69H,4-7,9-10,12-16,18,21,24,27,30-41,43-46,48,50-68H2,1-3H3/b11-8-,19-17-,22-20-,25-23-,28-26-,42-29-,49-47-. The monoisotopic (exact) mass is 1090 g/mol. The van der Waals surface area contributed by atoms with Gasteiger partial charge in [0.15, 0.2) is 6.10 Å². The van der Waals surface area contributed by atoms with E-state index in [1.54, 1.807) is 0 Å². The normalized spacial score (nSPS) is 12.6. The highest BCUT2D eigenvalue weighted by Crippen LogP contribution is 2.17. The summed E-state index contributed by atoms with van der Waals surface area (Å²) in [5.74, 6) is -0.898. The van der Waals surface area contributed by atoms with E-state index in [1.807, 2.05) is 0 Å². The minimum absolute atomic E-state index is 0.0814. The summed E-state index contributed by atoms with van der Waals surface area (Å²) < 4.78 is 16.8. The quantitative estimate of drug-likeness (QED) is 0.0261. The molecule has 6 heteroatoms. The van der Waals surface area contributed by atoms with Gasteiger partial charge in [0.25, 0.3) is 0 Å². The van der Waals surface area contributed by atoms with Gasteiger partial charge in [0, 0.05) is 19.3 Å². The first-order valence-electron chi connectivity index (χ1n) is 33.6. The lowest BCUT2D eigenvalue weighted by atomic mass is 10.0. The van der Waals surface area contributed by atoms with E-state index >= 15 is 0 Å². The van der Waals surface area contributed by atoms with Gasteiger partial charge in [-0.15, -0.1) is 0 Å². The van der Waals surface area contributed by atoms with Crippen LogP contribution in [0.15, 0.2) is 85.1 Å². The topological polar surface area (TPSA) is 78.9 Å². The molecule has 0 fully saturated rings. The van der Waals surface area contributed by atoms with Crippen molar-refractivity contribution in [3.8, 4) is 0 Å². The number of ether oxygens (including phenoxy) is 3. The van der Waals surface area contributed by atoms with Crippen molar-refractivity contribution in [2.45, 2.75) is 341 Å². The van der Waals surface area contributed by atoms with Gasteiger partial charge in [-0.05, 0) is 96.3 Å². The predicted molar refractivity (Wildman–Crippen MR) is 339 cm³/mol. The van der Waals surface area contributed by atoms with E-state index in [4.69, 9.17) is 14.2 Å². The largest absolute Gasteiger partial charge is 0.462 e. The van der Waals surface area contributed by atoms with Crippen LogP contribution in [0.2, 0.25) is 0 Å². The number of rotatable bonds is 61. The molecule has 1 atom stereocenters. The molecule has 0 saturated carbocycles. The molecule has 0 radical (unpaired) electrons. The molecule has 0 aliphatic heterocycles. The third-order valence-electron chi connectivity index (χ3n) is 14.6. The zero-order chi connectivity index (χ0) is 56.4. The predicted octanol–water partition coefficient (Wildman–Crippen LogP) is 23.1. The van der Waals surface area contributed by atoms with E-state index in [-0.39, 0.29) is 31.1 Å². The van der Waals surface area contributed by atoms with Gasteiger partial charge in [0.05, 0.1) is 0 Å². The maximum atomic E-state index is 12.8. The molecule has 0 rings (SSSR count). The van der Waals surface area contributed by atoms with Crippen molar-refractivity contribution in [3.05, 3.63) is 85.1 Å². The lowest BCUT2D eigenvalue weighted by molar-refractivity contribution is -0.167. The Kier molecular flexibility index (Phi) is 63.2. The van der Waals surface area contributed by atoms with Crippen LogP contribution in [0.25, 0.3) is 0 Å². The third-order valence-corrected chi connectivity index (χ3v) is 14.6. The van der Waals surface area contributed by atoms with E-state index in [2.05, 4.69) is 106 Å². The van der Waals surface area contributed by atoms with Crippen molar-refractivity contribution in [1.82, 2.24) is 0 Å². The average Bonchev–Trinajstić information content (AvgIpc) is 3.44. The Labute approximate surface area is 484 Å². The molecule has 0 aromatic rings. The van der Waals surface area contributed by atoms with E-state index in [0.717, 1.165) is 116 Å². The molecular formula is C72H126O6. The molecule has 6 nitrogen and oxygen atoms in total. The van der Waals surface area contributed by atoms with Crippen molar-refractivity contribution in [2.75, 3.05) is 13.2 Å². The minimum Gasteiger partial charge on any atom is -0.462 e. The first kappa shape index (κ1) is 74.6. The van der Waals surface area contributed by atoms with Crippen LogP contribution in [0.1, 0.15) is 335 Å². The molecule has 1 unspecified atom stereocenters. The molecule has 0 saturated heterocycles.